The van der Waals surface area contributed by atoms with Gasteiger partial charge in [0.1, 0.15) is 0 Å². The Morgan fingerprint density at radius 1 is 0.870 bits per heavy atom. The van der Waals surface area contributed by atoms with Crippen LogP contribution in [0.4, 0.5) is 0 Å². The topological polar surface area (TPSA) is 116 Å². The molecule has 1 N–H and O–H groups in total. The molecular weight excluding hydrogens is 731 g/mol. The van der Waals surface area contributed by atoms with Crippen LogP contribution in [0.5, 0.6) is 0 Å². The molecule has 0 aromatic heterocycles. The maximum absolute atomic E-state index is 14.7. The number of sulfone groups is 1. The Morgan fingerprint density at radius 3 is 2.33 bits per heavy atom. The van der Waals surface area contributed by atoms with Crippen LogP contribution in [0.2, 0.25) is 0 Å². The van der Waals surface area contributed by atoms with Crippen molar-refractivity contribution in [2.24, 2.45) is 0 Å². The Hall–Kier alpha value is -2.72. The van der Waals surface area contributed by atoms with E-state index in [-0.39, 0.29) is 10.5 Å². The maximum Gasteiger partial charge on any atom is 0.496 e. The van der Waals surface area contributed by atoms with Crippen molar-refractivity contribution >= 4 is 85.6 Å². The standard InChI is InChI=1S/C32H26BBrO8S4/c1-31(2)32(3,46(38,39)27-17-18(29(35)36)12-15-24(27)43-22-10-6-5-9-21(22)34)42-33(41-31)20-8-7-11-25-28(20)45-23-14-13-19(30(37)40-4)16-26(23)44-25/h5-17H,1-4H3,(H,35,36). The van der Waals surface area contributed by atoms with Gasteiger partial charge in [0.25, 0.3) is 0 Å². The molecule has 0 amide bonds. The molecule has 2 aliphatic heterocycles. The van der Waals surface area contributed by atoms with Gasteiger partial charge in [0.05, 0.1) is 28.7 Å². The van der Waals surface area contributed by atoms with Crippen LogP contribution >= 0.6 is 51.2 Å². The lowest BCUT2D eigenvalue weighted by Crippen LogP contribution is -2.51. The number of carboxylic acid groups (broad SMARTS) is 1. The van der Waals surface area contributed by atoms with E-state index in [1.165, 1.54) is 67.5 Å². The number of aromatic carboxylic acids is 1. The highest BCUT2D eigenvalue weighted by Gasteiger charge is 2.63. The third-order valence-electron chi connectivity index (χ3n) is 7.94. The zero-order valence-corrected chi connectivity index (χ0v) is 29.8. The molecule has 14 heteroatoms. The molecule has 0 spiro atoms. The van der Waals surface area contributed by atoms with E-state index < -0.39 is 39.4 Å². The zero-order valence-electron chi connectivity index (χ0n) is 24.9. The van der Waals surface area contributed by atoms with E-state index in [1.807, 2.05) is 48.5 Å². The quantitative estimate of drug-likeness (QED) is 0.132. The van der Waals surface area contributed by atoms with Crippen molar-refractivity contribution in [3.05, 3.63) is 94.5 Å². The number of hydrogen-bond acceptors (Lipinski definition) is 10. The number of carbonyl (C=O) groups excluding carboxylic acids is 1. The first-order valence-electron chi connectivity index (χ1n) is 13.9. The van der Waals surface area contributed by atoms with E-state index in [2.05, 4.69) is 15.9 Å². The van der Waals surface area contributed by atoms with Gasteiger partial charge in [-0.05, 0) is 96.8 Å². The SMILES string of the molecule is COC(=O)c1ccc2c(c1)Sc1cccc(B3OC(C)(C)C(C)(S(=O)(=O)c4cc(C(=O)O)ccc4Sc4ccccc4Br)O3)c1S2. The Kier molecular flexibility index (Phi) is 8.94. The lowest BCUT2D eigenvalue weighted by atomic mass is 9.79. The summed E-state index contributed by atoms with van der Waals surface area (Å²) in [5, 5.41) is 9.77. The monoisotopic (exact) mass is 756 g/mol. The Bertz CT molecular complexity index is 2020. The molecule has 8 nitrogen and oxygen atoms in total. The molecule has 1 saturated heterocycles. The van der Waals surface area contributed by atoms with Crippen LogP contribution in [0.1, 0.15) is 41.5 Å². The number of carbonyl (C=O) groups is 2. The third-order valence-corrected chi connectivity index (χ3v) is 15.3. The first kappa shape index (κ1) is 33.2. The minimum atomic E-state index is -4.39. The van der Waals surface area contributed by atoms with Gasteiger partial charge >= 0.3 is 19.1 Å². The molecular formula is C32H26BBrO8S4. The van der Waals surface area contributed by atoms with Crippen LogP contribution in [0.3, 0.4) is 0 Å². The van der Waals surface area contributed by atoms with E-state index >= 15 is 0 Å². The molecule has 0 saturated carbocycles. The van der Waals surface area contributed by atoms with Crippen molar-refractivity contribution < 1.29 is 37.2 Å². The first-order chi connectivity index (χ1) is 21.8. The van der Waals surface area contributed by atoms with Gasteiger partial charge < -0.3 is 19.2 Å². The lowest BCUT2D eigenvalue weighted by Gasteiger charge is -2.36. The van der Waals surface area contributed by atoms with Gasteiger partial charge in [-0.1, -0.05) is 59.6 Å². The summed E-state index contributed by atoms with van der Waals surface area (Å²) in [6, 6.07) is 22.5. The normalized spacial score (nSPS) is 18.5. The summed E-state index contributed by atoms with van der Waals surface area (Å²) in [6.07, 6.45) is 0. The van der Waals surface area contributed by atoms with Crippen LogP contribution in [0, 0.1) is 0 Å². The first-order valence-corrected chi connectivity index (χ1v) is 18.6. The van der Waals surface area contributed by atoms with Crippen molar-refractivity contribution in [1.29, 1.82) is 0 Å². The summed E-state index contributed by atoms with van der Waals surface area (Å²) in [4.78, 5) is 26.7. The second-order valence-electron chi connectivity index (χ2n) is 11.1. The average molecular weight is 758 g/mol. The van der Waals surface area contributed by atoms with Crippen LogP contribution in [0.15, 0.2) is 118 Å². The van der Waals surface area contributed by atoms with Gasteiger partial charge in [0, 0.05) is 33.8 Å². The molecule has 0 bridgehead atoms. The Balaban J connectivity index is 1.38. The highest BCUT2D eigenvalue weighted by atomic mass is 79.9. The fraction of sp³-hybridized carbons (Fsp3) is 0.188. The van der Waals surface area contributed by atoms with Crippen molar-refractivity contribution in [2.75, 3.05) is 7.11 Å². The molecule has 1 atom stereocenters. The number of ether oxygens (including phenoxy) is 1. The smallest absolute Gasteiger partial charge is 0.478 e. The zero-order chi connectivity index (χ0) is 33.0. The Morgan fingerprint density at radius 2 is 1.61 bits per heavy atom. The number of hydrogen-bond donors (Lipinski definition) is 1. The maximum atomic E-state index is 14.7. The predicted octanol–water partition coefficient (Wildman–Crippen LogP) is 7.41. The summed E-state index contributed by atoms with van der Waals surface area (Å²) in [6.45, 7) is 4.80. The molecule has 0 aliphatic carbocycles. The predicted molar refractivity (Wildman–Crippen MR) is 181 cm³/mol. The third kappa shape index (κ3) is 5.71. The summed E-state index contributed by atoms with van der Waals surface area (Å²) in [5.74, 6) is -1.67. The molecule has 0 radical (unpaired) electrons. The van der Waals surface area contributed by atoms with E-state index in [0.29, 0.717) is 15.9 Å². The minimum absolute atomic E-state index is 0.161. The average Bonchev–Trinajstić information content (AvgIpc) is 3.29. The molecule has 1 unspecified atom stereocenters. The summed E-state index contributed by atoms with van der Waals surface area (Å²) in [7, 11) is -4.10. The van der Waals surface area contributed by atoms with Crippen molar-refractivity contribution in [2.45, 2.75) is 65.6 Å². The molecule has 2 aliphatic rings. The Labute approximate surface area is 288 Å². The van der Waals surface area contributed by atoms with Crippen molar-refractivity contribution in [3.8, 4) is 0 Å². The second-order valence-corrected chi connectivity index (χ2v) is 17.4. The number of esters is 1. The van der Waals surface area contributed by atoms with E-state index in [9.17, 15) is 23.1 Å². The van der Waals surface area contributed by atoms with E-state index in [4.69, 9.17) is 14.0 Å². The van der Waals surface area contributed by atoms with Gasteiger partial charge in [-0.2, -0.15) is 0 Å². The number of fused-ring (bicyclic) bond motifs is 2. The van der Waals surface area contributed by atoms with Gasteiger partial charge in [-0.25, -0.2) is 18.0 Å². The molecule has 6 rings (SSSR count). The molecule has 4 aromatic rings. The minimum Gasteiger partial charge on any atom is -0.478 e. The second kappa shape index (κ2) is 12.4. The summed E-state index contributed by atoms with van der Waals surface area (Å²) < 4.78 is 47.9. The summed E-state index contributed by atoms with van der Waals surface area (Å²) in [5.41, 5.74) is -0.408. The number of methoxy groups -OCH3 is 1. The molecule has 1 fully saturated rings. The van der Waals surface area contributed by atoms with Crippen LogP contribution < -0.4 is 5.46 Å². The number of halogens is 1. The van der Waals surface area contributed by atoms with E-state index in [0.717, 1.165) is 29.0 Å². The van der Waals surface area contributed by atoms with Crippen LogP contribution in [-0.4, -0.2) is 50.2 Å². The van der Waals surface area contributed by atoms with Crippen molar-refractivity contribution in [1.82, 2.24) is 0 Å². The highest BCUT2D eigenvalue weighted by molar-refractivity contribution is 9.10. The molecule has 2 heterocycles. The van der Waals surface area contributed by atoms with Crippen molar-refractivity contribution in [3.63, 3.8) is 0 Å². The van der Waals surface area contributed by atoms with Gasteiger partial charge in [-0.15, -0.1) is 0 Å². The largest absolute Gasteiger partial charge is 0.496 e. The molecule has 236 valence electrons. The van der Waals surface area contributed by atoms with Crippen LogP contribution in [0.25, 0.3) is 0 Å². The molecule has 46 heavy (non-hydrogen) atoms. The lowest BCUT2D eigenvalue weighted by molar-refractivity contribution is 0.0525. The van der Waals surface area contributed by atoms with E-state index in [1.54, 1.807) is 26.0 Å². The number of carboxylic acids is 1. The van der Waals surface area contributed by atoms with Crippen LogP contribution in [-0.2, 0) is 23.9 Å². The fourth-order valence-corrected chi connectivity index (χ4v) is 11.3. The van der Waals surface area contributed by atoms with Gasteiger partial charge in [0.2, 0.25) is 9.84 Å². The number of benzene rings is 4. The van der Waals surface area contributed by atoms with Gasteiger partial charge in [0.15, 0.2) is 4.93 Å². The van der Waals surface area contributed by atoms with Gasteiger partial charge in [-0.3, -0.25) is 0 Å². The highest BCUT2D eigenvalue weighted by Crippen LogP contribution is 2.51. The number of rotatable bonds is 7. The molecule has 4 aromatic carbocycles. The summed E-state index contributed by atoms with van der Waals surface area (Å²) >= 11 is 7.69. The fourth-order valence-electron chi connectivity index (χ4n) is 5.10.